The van der Waals surface area contributed by atoms with E-state index in [1.165, 1.54) is 4.68 Å². The Hall–Kier alpha value is -1.10. The van der Waals surface area contributed by atoms with Gasteiger partial charge in [-0.15, -0.1) is 0 Å². The third kappa shape index (κ3) is 1.80. The highest BCUT2D eigenvalue weighted by Gasteiger charge is 2.26. The lowest BCUT2D eigenvalue weighted by molar-refractivity contribution is 0.287. The molecule has 5 nitrogen and oxygen atoms in total. The Labute approximate surface area is 75.4 Å². The largest absolute Gasteiger partial charge is 0.396 e. The molecule has 1 aromatic heterocycles. The number of nitrogens with one attached hydrogen (secondary N) is 1. The Bertz CT molecular complexity index is 337. The summed E-state index contributed by atoms with van der Waals surface area (Å²) in [6, 6.07) is 0.326. The maximum Gasteiger partial charge on any atom is 0.343 e. The molecule has 0 aromatic carbocycles. The molecule has 2 rings (SSSR count). The van der Waals surface area contributed by atoms with E-state index in [1.807, 2.05) is 0 Å². The molecule has 1 heterocycles. The van der Waals surface area contributed by atoms with E-state index in [4.69, 9.17) is 5.11 Å². The maximum absolute atomic E-state index is 11.3. The standard InChI is InChI=1S/C8H13N3O2/c12-5-1-2-7-9-8(13)11(10-7)6-3-4-6/h6,12H,1-5H2,(H,9,10,13). The summed E-state index contributed by atoms with van der Waals surface area (Å²) in [4.78, 5) is 14.0. The fourth-order valence-electron chi connectivity index (χ4n) is 1.31. The lowest BCUT2D eigenvalue weighted by atomic mass is 10.3. The molecule has 0 bridgehead atoms. The van der Waals surface area contributed by atoms with Crippen molar-refractivity contribution < 1.29 is 5.11 Å². The van der Waals surface area contributed by atoms with Gasteiger partial charge in [0.25, 0.3) is 0 Å². The second-order valence-electron chi connectivity index (χ2n) is 3.38. The summed E-state index contributed by atoms with van der Waals surface area (Å²) in [6.07, 6.45) is 3.41. The van der Waals surface area contributed by atoms with Crippen molar-refractivity contribution in [3.05, 3.63) is 16.3 Å². The van der Waals surface area contributed by atoms with E-state index >= 15 is 0 Å². The van der Waals surface area contributed by atoms with Gasteiger partial charge in [-0.05, 0) is 19.3 Å². The van der Waals surface area contributed by atoms with Gasteiger partial charge in [0.05, 0.1) is 6.04 Å². The summed E-state index contributed by atoms with van der Waals surface area (Å²) < 4.78 is 1.52. The van der Waals surface area contributed by atoms with E-state index in [0.717, 1.165) is 12.8 Å². The van der Waals surface area contributed by atoms with Gasteiger partial charge in [0.2, 0.25) is 0 Å². The summed E-state index contributed by atoms with van der Waals surface area (Å²) in [6.45, 7) is 0.137. The smallest absolute Gasteiger partial charge is 0.343 e. The first-order valence-corrected chi connectivity index (χ1v) is 4.60. The SMILES string of the molecule is O=c1[nH]c(CCCO)nn1C1CC1. The average molecular weight is 183 g/mol. The molecule has 2 N–H and O–H groups in total. The molecular formula is C8H13N3O2. The minimum Gasteiger partial charge on any atom is -0.396 e. The topological polar surface area (TPSA) is 70.9 Å². The molecule has 72 valence electrons. The van der Waals surface area contributed by atoms with E-state index < -0.39 is 0 Å². The zero-order valence-corrected chi connectivity index (χ0v) is 7.36. The highest BCUT2D eigenvalue weighted by Crippen LogP contribution is 2.32. The molecule has 5 heteroatoms. The van der Waals surface area contributed by atoms with Crippen LogP contribution < -0.4 is 5.69 Å². The van der Waals surface area contributed by atoms with Crippen LogP contribution in [0.1, 0.15) is 31.1 Å². The van der Waals surface area contributed by atoms with Gasteiger partial charge >= 0.3 is 5.69 Å². The summed E-state index contributed by atoms with van der Waals surface area (Å²) in [5.41, 5.74) is -0.115. The maximum atomic E-state index is 11.3. The van der Waals surface area contributed by atoms with Crippen LogP contribution in [0.4, 0.5) is 0 Å². The average Bonchev–Trinajstić information content (AvgIpc) is 2.88. The number of hydrogen-bond donors (Lipinski definition) is 2. The quantitative estimate of drug-likeness (QED) is 0.680. The van der Waals surface area contributed by atoms with Crippen molar-refractivity contribution in [3.8, 4) is 0 Å². The normalized spacial score (nSPS) is 16.4. The van der Waals surface area contributed by atoms with Crippen LogP contribution in [0.2, 0.25) is 0 Å². The molecule has 1 aliphatic rings. The van der Waals surface area contributed by atoms with E-state index in [9.17, 15) is 4.79 Å². The summed E-state index contributed by atoms with van der Waals surface area (Å²) >= 11 is 0. The highest BCUT2D eigenvalue weighted by molar-refractivity contribution is 4.88. The molecule has 0 atom stereocenters. The van der Waals surface area contributed by atoms with E-state index in [1.54, 1.807) is 0 Å². The van der Waals surface area contributed by atoms with Gasteiger partial charge in [0.15, 0.2) is 0 Å². The van der Waals surface area contributed by atoms with Crippen LogP contribution in [0.15, 0.2) is 4.79 Å². The van der Waals surface area contributed by atoms with Crippen LogP contribution in [0.3, 0.4) is 0 Å². The van der Waals surface area contributed by atoms with Gasteiger partial charge in [-0.25, -0.2) is 9.48 Å². The third-order valence-corrected chi connectivity index (χ3v) is 2.15. The third-order valence-electron chi connectivity index (χ3n) is 2.15. The van der Waals surface area contributed by atoms with Gasteiger partial charge < -0.3 is 5.11 Å². The fourth-order valence-corrected chi connectivity index (χ4v) is 1.31. The van der Waals surface area contributed by atoms with Crippen molar-refractivity contribution in [3.63, 3.8) is 0 Å². The minimum absolute atomic E-state index is 0.115. The molecule has 0 amide bonds. The predicted molar refractivity (Wildman–Crippen MR) is 46.5 cm³/mol. The van der Waals surface area contributed by atoms with Crippen LogP contribution in [-0.4, -0.2) is 26.5 Å². The molecule has 0 saturated heterocycles. The van der Waals surface area contributed by atoms with Crippen molar-refractivity contribution in [1.82, 2.24) is 14.8 Å². The highest BCUT2D eigenvalue weighted by atomic mass is 16.3. The number of aromatic nitrogens is 3. The first-order valence-electron chi connectivity index (χ1n) is 4.60. The first kappa shape index (κ1) is 8.50. The molecule has 0 spiro atoms. The summed E-state index contributed by atoms with van der Waals surface area (Å²) in [5.74, 6) is 0.686. The van der Waals surface area contributed by atoms with Gasteiger partial charge in [0.1, 0.15) is 5.82 Å². The number of nitrogens with zero attached hydrogens (tertiary/aromatic N) is 2. The molecule has 1 fully saturated rings. The number of aliphatic hydroxyl groups excluding tert-OH is 1. The predicted octanol–water partition coefficient (Wildman–Crippen LogP) is -0.169. The summed E-state index contributed by atoms with van der Waals surface area (Å²) in [7, 11) is 0. The summed E-state index contributed by atoms with van der Waals surface area (Å²) in [5, 5.41) is 12.7. The molecule has 0 aliphatic heterocycles. The molecule has 0 unspecified atom stereocenters. The van der Waals surface area contributed by atoms with Crippen LogP contribution in [-0.2, 0) is 6.42 Å². The van der Waals surface area contributed by atoms with Crippen molar-refractivity contribution in [2.75, 3.05) is 6.61 Å². The first-order chi connectivity index (χ1) is 6.31. The number of hydrogen-bond acceptors (Lipinski definition) is 3. The van der Waals surface area contributed by atoms with E-state index in [2.05, 4.69) is 10.1 Å². The van der Waals surface area contributed by atoms with Gasteiger partial charge in [-0.2, -0.15) is 5.10 Å². The number of aliphatic hydroxyl groups is 1. The Kier molecular flexibility index (Phi) is 2.18. The van der Waals surface area contributed by atoms with Crippen molar-refractivity contribution in [2.24, 2.45) is 0 Å². The fraction of sp³-hybridized carbons (Fsp3) is 0.750. The molecular weight excluding hydrogens is 170 g/mol. The lowest BCUT2D eigenvalue weighted by Crippen LogP contribution is -2.16. The van der Waals surface area contributed by atoms with Crippen molar-refractivity contribution in [2.45, 2.75) is 31.7 Å². The zero-order chi connectivity index (χ0) is 9.26. The van der Waals surface area contributed by atoms with Crippen molar-refractivity contribution >= 4 is 0 Å². The number of aromatic amines is 1. The Morgan fingerprint density at radius 1 is 1.62 bits per heavy atom. The van der Waals surface area contributed by atoms with Crippen LogP contribution >= 0.6 is 0 Å². The van der Waals surface area contributed by atoms with E-state index in [0.29, 0.717) is 24.7 Å². The Balaban J connectivity index is 2.10. The van der Waals surface area contributed by atoms with E-state index in [-0.39, 0.29) is 12.3 Å². The van der Waals surface area contributed by atoms with Gasteiger partial charge in [-0.3, -0.25) is 4.98 Å². The second-order valence-corrected chi connectivity index (χ2v) is 3.38. The molecule has 1 aromatic rings. The Morgan fingerprint density at radius 3 is 3.00 bits per heavy atom. The molecule has 13 heavy (non-hydrogen) atoms. The monoisotopic (exact) mass is 183 g/mol. The lowest BCUT2D eigenvalue weighted by Gasteiger charge is -1.92. The second kappa shape index (κ2) is 3.33. The number of H-pyrrole nitrogens is 1. The Morgan fingerprint density at radius 2 is 2.38 bits per heavy atom. The van der Waals surface area contributed by atoms with Crippen LogP contribution in [0.5, 0.6) is 0 Å². The van der Waals surface area contributed by atoms with Crippen LogP contribution in [0, 0.1) is 0 Å². The minimum atomic E-state index is -0.115. The number of aryl methyl sites for hydroxylation is 1. The zero-order valence-electron chi connectivity index (χ0n) is 7.36. The molecule has 1 saturated carbocycles. The van der Waals surface area contributed by atoms with Crippen molar-refractivity contribution in [1.29, 1.82) is 0 Å². The number of rotatable bonds is 4. The van der Waals surface area contributed by atoms with Gasteiger partial charge in [-0.1, -0.05) is 0 Å². The van der Waals surface area contributed by atoms with Gasteiger partial charge in [0, 0.05) is 13.0 Å². The van der Waals surface area contributed by atoms with Crippen LogP contribution in [0.25, 0.3) is 0 Å². The molecule has 1 aliphatic carbocycles. The molecule has 0 radical (unpaired) electrons.